The fourth-order valence-electron chi connectivity index (χ4n) is 5.19. The fraction of sp³-hybridized carbons (Fsp3) is 0.300. The van der Waals surface area contributed by atoms with E-state index in [0.717, 1.165) is 56.3 Å². The largest absolute Gasteiger partial charge is 0.461 e. The van der Waals surface area contributed by atoms with E-state index in [-0.39, 0.29) is 5.41 Å². The molecule has 2 aromatic carbocycles. The molecule has 0 fully saturated rings. The van der Waals surface area contributed by atoms with Gasteiger partial charge in [0, 0.05) is 27.4 Å². The molecule has 0 bridgehead atoms. The van der Waals surface area contributed by atoms with Crippen LogP contribution in [0.3, 0.4) is 0 Å². The maximum Gasteiger partial charge on any atom is 0.146 e. The van der Waals surface area contributed by atoms with Gasteiger partial charge in [0.25, 0.3) is 0 Å². The maximum absolute atomic E-state index is 6.54. The van der Waals surface area contributed by atoms with Gasteiger partial charge >= 0.3 is 0 Å². The minimum Gasteiger partial charge on any atom is -0.461 e. The van der Waals surface area contributed by atoms with Gasteiger partial charge in [-0.05, 0) is 77.4 Å². The van der Waals surface area contributed by atoms with Crippen LogP contribution in [0, 0.1) is 12.8 Å². The second kappa shape index (κ2) is 7.44. The average Bonchev–Trinajstić information content (AvgIpc) is 3.47. The van der Waals surface area contributed by atoms with Crippen molar-refractivity contribution >= 4 is 54.3 Å². The summed E-state index contributed by atoms with van der Waals surface area (Å²) in [7, 11) is 0. The van der Waals surface area contributed by atoms with Crippen molar-refractivity contribution < 1.29 is 8.83 Å². The van der Waals surface area contributed by atoms with Crippen LogP contribution in [0.5, 0.6) is 0 Å². The molecule has 0 radical (unpaired) electrons. The molecule has 0 atom stereocenters. The summed E-state index contributed by atoms with van der Waals surface area (Å²) in [6, 6.07) is 13.0. The number of hydrogen-bond donors (Lipinski definition) is 0. The van der Waals surface area contributed by atoms with Gasteiger partial charge in [-0.3, -0.25) is 4.98 Å². The predicted octanol–water partition coefficient (Wildman–Crippen LogP) is 9.41. The van der Waals surface area contributed by atoms with Gasteiger partial charge in [0.1, 0.15) is 22.5 Å². The highest BCUT2D eigenvalue weighted by Gasteiger charge is 2.23. The van der Waals surface area contributed by atoms with Gasteiger partial charge in [-0.2, -0.15) is 0 Å². The van der Waals surface area contributed by atoms with Gasteiger partial charge in [0.2, 0.25) is 0 Å². The molecule has 0 saturated heterocycles. The Labute approximate surface area is 203 Å². The molecule has 0 aliphatic heterocycles. The van der Waals surface area contributed by atoms with E-state index in [1.165, 1.54) is 21.2 Å². The third-order valence-electron chi connectivity index (χ3n) is 6.75. The Kier molecular flexibility index (Phi) is 4.69. The molecule has 0 aliphatic carbocycles. The first-order valence-corrected chi connectivity index (χ1v) is 12.8. The van der Waals surface area contributed by atoms with Gasteiger partial charge in [0.15, 0.2) is 0 Å². The molecular weight excluding hydrogens is 438 g/mol. The summed E-state index contributed by atoms with van der Waals surface area (Å²) in [5.74, 6) is 1.51. The van der Waals surface area contributed by atoms with Crippen LogP contribution in [-0.2, 0) is 11.8 Å². The number of thiophene rings is 1. The fourth-order valence-corrected chi connectivity index (χ4v) is 6.29. The molecule has 0 spiro atoms. The molecule has 3 nitrogen and oxygen atoms in total. The molecule has 6 aromatic rings. The molecule has 4 aromatic heterocycles. The van der Waals surface area contributed by atoms with E-state index >= 15 is 0 Å². The van der Waals surface area contributed by atoms with E-state index < -0.39 is 0 Å². The summed E-state index contributed by atoms with van der Waals surface area (Å²) in [5, 5.41) is 6.72. The summed E-state index contributed by atoms with van der Waals surface area (Å²) in [6.45, 7) is 13.4. The van der Waals surface area contributed by atoms with E-state index in [9.17, 15) is 0 Å². The number of pyridine rings is 1. The first-order chi connectivity index (χ1) is 16.2. The zero-order valence-electron chi connectivity index (χ0n) is 20.6. The lowest BCUT2D eigenvalue weighted by atomic mass is 9.84. The SMILES string of the molecule is Cc1oc2ccc3c(oc4ccnc(-c5cc(C(C)(C)C)c6sccc6c5)c43)c2c1CC(C)C. The zero-order valence-corrected chi connectivity index (χ0v) is 21.4. The number of nitrogens with zero attached hydrogens (tertiary/aromatic N) is 1. The number of furan rings is 2. The van der Waals surface area contributed by atoms with Crippen molar-refractivity contribution in [2.24, 2.45) is 5.92 Å². The number of benzene rings is 2. The average molecular weight is 468 g/mol. The lowest BCUT2D eigenvalue weighted by molar-refractivity contribution is 0.560. The Morgan fingerprint density at radius 2 is 1.76 bits per heavy atom. The van der Waals surface area contributed by atoms with Crippen molar-refractivity contribution in [1.82, 2.24) is 4.98 Å². The lowest BCUT2D eigenvalue weighted by Gasteiger charge is -2.21. The number of aromatic nitrogens is 1. The van der Waals surface area contributed by atoms with Crippen LogP contribution in [0.25, 0.3) is 54.3 Å². The predicted molar refractivity (Wildman–Crippen MR) is 144 cm³/mol. The quantitative estimate of drug-likeness (QED) is 0.260. The molecule has 0 N–H and O–H groups in total. The number of rotatable bonds is 3. The highest BCUT2D eigenvalue weighted by atomic mass is 32.1. The van der Waals surface area contributed by atoms with Gasteiger partial charge in [-0.15, -0.1) is 11.3 Å². The van der Waals surface area contributed by atoms with Crippen LogP contribution in [0.4, 0.5) is 0 Å². The number of aryl methyl sites for hydroxylation is 1. The molecule has 0 aliphatic rings. The first kappa shape index (κ1) is 21.4. The Bertz CT molecular complexity index is 1710. The van der Waals surface area contributed by atoms with Crippen molar-refractivity contribution in [2.75, 3.05) is 0 Å². The third-order valence-corrected chi connectivity index (χ3v) is 7.71. The Balaban J connectivity index is 1.69. The van der Waals surface area contributed by atoms with E-state index in [1.807, 2.05) is 23.6 Å². The van der Waals surface area contributed by atoms with E-state index in [4.69, 9.17) is 13.8 Å². The topological polar surface area (TPSA) is 39.2 Å². The Morgan fingerprint density at radius 1 is 0.971 bits per heavy atom. The first-order valence-electron chi connectivity index (χ1n) is 12.0. The smallest absolute Gasteiger partial charge is 0.146 e. The monoisotopic (exact) mass is 467 g/mol. The van der Waals surface area contributed by atoms with Crippen LogP contribution in [0.1, 0.15) is 51.5 Å². The van der Waals surface area contributed by atoms with Crippen LogP contribution in [-0.4, -0.2) is 4.98 Å². The molecule has 0 amide bonds. The lowest BCUT2D eigenvalue weighted by Crippen LogP contribution is -2.11. The second-order valence-electron chi connectivity index (χ2n) is 10.8. The van der Waals surface area contributed by atoms with Gasteiger partial charge in [0.05, 0.1) is 16.5 Å². The Morgan fingerprint density at radius 3 is 2.53 bits per heavy atom. The van der Waals surface area contributed by atoms with E-state index in [2.05, 4.69) is 77.3 Å². The van der Waals surface area contributed by atoms with Crippen molar-refractivity contribution in [3.05, 3.63) is 64.9 Å². The number of hydrogen-bond acceptors (Lipinski definition) is 4. The molecule has 6 rings (SSSR count). The van der Waals surface area contributed by atoms with Crippen LogP contribution < -0.4 is 0 Å². The summed E-state index contributed by atoms with van der Waals surface area (Å²) in [4.78, 5) is 4.89. The molecule has 0 unspecified atom stereocenters. The van der Waals surface area contributed by atoms with Crippen LogP contribution in [0.2, 0.25) is 0 Å². The van der Waals surface area contributed by atoms with Crippen LogP contribution in [0.15, 0.2) is 56.8 Å². The molecule has 4 heteroatoms. The minimum absolute atomic E-state index is 0.0394. The summed E-state index contributed by atoms with van der Waals surface area (Å²) in [5.41, 5.74) is 7.41. The normalized spacial score (nSPS) is 12.8. The highest BCUT2D eigenvalue weighted by Crippen LogP contribution is 2.43. The molecular formula is C30H29NO2S. The summed E-state index contributed by atoms with van der Waals surface area (Å²) in [6.07, 6.45) is 2.82. The van der Waals surface area contributed by atoms with E-state index in [0.29, 0.717) is 5.92 Å². The van der Waals surface area contributed by atoms with Crippen molar-refractivity contribution in [3.8, 4) is 11.3 Å². The van der Waals surface area contributed by atoms with Gasteiger partial charge in [-0.25, -0.2) is 0 Å². The van der Waals surface area contributed by atoms with E-state index in [1.54, 1.807) is 0 Å². The van der Waals surface area contributed by atoms with Crippen molar-refractivity contribution in [1.29, 1.82) is 0 Å². The van der Waals surface area contributed by atoms with Gasteiger partial charge < -0.3 is 8.83 Å². The van der Waals surface area contributed by atoms with Gasteiger partial charge in [-0.1, -0.05) is 34.6 Å². The molecule has 172 valence electrons. The standard InChI is InChI=1S/C30H29NO2S/c1-16(2)13-21-17(3)32-23-8-7-20-25-24(33-28(20)26(21)23)9-11-31-27(25)19-14-18-10-12-34-29(18)22(15-19)30(4,5)6/h7-12,14-16H,13H2,1-6H3. The second-order valence-corrected chi connectivity index (χ2v) is 11.7. The maximum atomic E-state index is 6.54. The highest BCUT2D eigenvalue weighted by molar-refractivity contribution is 7.17. The Hall–Kier alpha value is -3.11. The van der Waals surface area contributed by atoms with Crippen molar-refractivity contribution in [3.63, 3.8) is 0 Å². The molecule has 34 heavy (non-hydrogen) atoms. The molecule has 0 saturated carbocycles. The zero-order chi connectivity index (χ0) is 23.8. The molecule has 4 heterocycles. The third kappa shape index (κ3) is 3.19. The van der Waals surface area contributed by atoms with Crippen LogP contribution >= 0.6 is 11.3 Å². The minimum atomic E-state index is 0.0394. The number of fused-ring (bicyclic) bond motifs is 6. The summed E-state index contributed by atoms with van der Waals surface area (Å²) < 4.78 is 14.0. The van der Waals surface area contributed by atoms with Crippen molar-refractivity contribution in [2.45, 2.75) is 53.4 Å². The summed E-state index contributed by atoms with van der Waals surface area (Å²) >= 11 is 1.81.